The number of fused-ring (bicyclic) bond motifs is 1. The molecule has 1 saturated heterocycles. The van der Waals surface area contributed by atoms with Gasteiger partial charge in [-0.05, 0) is 24.8 Å². The Kier molecular flexibility index (Phi) is 6.15. The molecular formula is C19H28N3O2S+. The molecule has 5 nitrogen and oxygen atoms in total. The number of nitrogens with zero attached hydrogens (tertiary/aromatic N) is 3. The quantitative estimate of drug-likeness (QED) is 0.432. The predicted octanol–water partition coefficient (Wildman–Crippen LogP) is 2.77. The number of rotatable bonds is 7. The van der Waals surface area contributed by atoms with Gasteiger partial charge in [-0.1, -0.05) is 30.8 Å². The van der Waals surface area contributed by atoms with Crippen molar-refractivity contribution in [2.24, 2.45) is 0 Å². The number of likely N-dealkylation sites (N-methyl/N-ethyl adjacent to an activating group) is 1. The fraction of sp³-hybridized carbons (Fsp3) is 0.579. The van der Waals surface area contributed by atoms with E-state index in [2.05, 4.69) is 13.8 Å². The third kappa shape index (κ3) is 4.07. The standard InChI is InChI=1S/C19H28N3O2S/c1-3-22(12-14-24-15-13-22)11-7-10-21-18(23)16-8-5-6-9-17(16)20-19(21)25-4-2/h5-6,8-9H,3-4,7,10-15H2,1-2H3/q+1. The molecule has 0 saturated carbocycles. The monoisotopic (exact) mass is 362 g/mol. The number of morpholine rings is 1. The molecule has 1 fully saturated rings. The van der Waals surface area contributed by atoms with Crippen LogP contribution in [0, 0.1) is 0 Å². The number of benzene rings is 1. The van der Waals surface area contributed by atoms with Gasteiger partial charge in [0, 0.05) is 13.0 Å². The summed E-state index contributed by atoms with van der Waals surface area (Å²) in [6.07, 6.45) is 0.991. The van der Waals surface area contributed by atoms with E-state index in [9.17, 15) is 4.79 Å². The molecule has 2 heterocycles. The van der Waals surface area contributed by atoms with Gasteiger partial charge in [0.25, 0.3) is 5.56 Å². The van der Waals surface area contributed by atoms with Crippen LogP contribution in [0.1, 0.15) is 20.3 Å². The molecule has 0 radical (unpaired) electrons. The van der Waals surface area contributed by atoms with E-state index >= 15 is 0 Å². The van der Waals surface area contributed by atoms with Gasteiger partial charge in [-0.15, -0.1) is 0 Å². The van der Waals surface area contributed by atoms with Gasteiger partial charge in [-0.25, -0.2) is 4.98 Å². The lowest BCUT2D eigenvalue weighted by molar-refractivity contribution is -0.933. The number of aromatic nitrogens is 2. The molecule has 1 aliphatic heterocycles. The van der Waals surface area contributed by atoms with Crippen molar-refractivity contribution in [3.05, 3.63) is 34.6 Å². The van der Waals surface area contributed by atoms with Crippen LogP contribution in [0.25, 0.3) is 10.9 Å². The van der Waals surface area contributed by atoms with Gasteiger partial charge in [0.2, 0.25) is 0 Å². The Morgan fingerprint density at radius 2 is 2.00 bits per heavy atom. The highest BCUT2D eigenvalue weighted by Crippen LogP contribution is 2.18. The average Bonchev–Trinajstić information content (AvgIpc) is 2.65. The molecule has 0 spiro atoms. The summed E-state index contributed by atoms with van der Waals surface area (Å²) in [5.74, 6) is 0.914. The zero-order valence-electron chi connectivity index (χ0n) is 15.2. The minimum Gasteiger partial charge on any atom is -0.370 e. The molecule has 0 atom stereocenters. The molecule has 0 N–H and O–H groups in total. The largest absolute Gasteiger partial charge is 0.370 e. The highest BCUT2D eigenvalue weighted by Gasteiger charge is 2.28. The van der Waals surface area contributed by atoms with E-state index < -0.39 is 0 Å². The van der Waals surface area contributed by atoms with Crippen molar-refractivity contribution >= 4 is 22.7 Å². The maximum absolute atomic E-state index is 12.9. The molecular weight excluding hydrogens is 334 g/mol. The summed E-state index contributed by atoms with van der Waals surface area (Å²) < 4.78 is 8.51. The van der Waals surface area contributed by atoms with Crippen molar-refractivity contribution in [3.8, 4) is 0 Å². The summed E-state index contributed by atoms with van der Waals surface area (Å²) in [6.45, 7) is 11.2. The summed E-state index contributed by atoms with van der Waals surface area (Å²) in [4.78, 5) is 17.7. The van der Waals surface area contributed by atoms with Crippen LogP contribution in [-0.4, -0.2) is 59.2 Å². The molecule has 0 bridgehead atoms. The van der Waals surface area contributed by atoms with Crippen LogP contribution in [0.5, 0.6) is 0 Å². The van der Waals surface area contributed by atoms with Crippen molar-refractivity contribution in [1.82, 2.24) is 9.55 Å². The van der Waals surface area contributed by atoms with E-state index in [0.717, 1.165) is 73.3 Å². The second kappa shape index (κ2) is 8.34. The first-order chi connectivity index (χ1) is 12.2. The number of para-hydroxylation sites is 1. The van der Waals surface area contributed by atoms with E-state index in [1.807, 2.05) is 28.8 Å². The summed E-state index contributed by atoms with van der Waals surface area (Å²) >= 11 is 1.65. The SMILES string of the molecule is CCSc1nc2ccccc2c(=O)n1CCC[N+]1(CC)CCOCC1. The van der Waals surface area contributed by atoms with Crippen molar-refractivity contribution in [2.45, 2.75) is 32.0 Å². The van der Waals surface area contributed by atoms with E-state index in [0.29, 0.717) is 5.39 Å². The number of thioether (sulfide) groups is 1. The molecule has 1 aliphatic rings. The van der Waals surface area contributed by atoms with Crippen LogP contribution < -0.4 is 5.56 Å². The Labute approximate surface area is 153 Å². The lowest BCUT2D eigenvalue weighted by atomic mass is 10.2. The van der Waals surface area contributed by atoms with E-state index in [1.54, 1.807) is 11.8 Å². The molecule has 6 heteroatoms. The van der Waals surface area contributed by atoms with Crippen molar-refractivity contribution in [1.29, 1.82) is 0 Å². The zero-order valence-corrected chi connectivity index (χ0v) is 16.1. The topological polar surface area (TPSA) is 44.1 Å². The highest BCUT2D eigenvalue weighted by atomic mass is 32.2. The number of ether oxygens (including phenoxy) is 1. The van der Waals surface area contributed by atoms with Crippen molar-refractivity contribution in [2.75, 3.05) is 45.1 Å². The minimum absolute atomic E-state index is 0.0894. The first kappa shape index (κ1) is 18.4. The number of hydrogen-bond donors (Lipinski definition) is 0. The maximum Gasteiger partial charge on any atom is 0.262 e. The van der Waals surface area contributed by atoms with Gasteiger partial charge in [-0.3, -0.25) is 9.36 Å². The summed E-state index contributed by atoms with van der Waals surface area (Å²) in [5.41, 5.74) is 0.886. The first-order valence-corrected chi connectivity index (χ1v) is 10.2. The highest BCUT2D eigenvalue weighted by molar-refractivity contribution is 7.99. The lowest BCUT2D eigenvalue weighted by Gasteiger charge is -2.40. The van der Waals surface area contributed by atoms with Crippen LogP contribution in [0.2, 0.25) is 0 Å². The lowest BCUT2D eigenvalue weighted by Crippen LogP contribution is -2.55. The Balaban J connectivity index is 1.81. The van der Waals surface area contributed by atoms with E-state index in [4.69, 9.17) is 9.72 Å². The second-order valence-electron chi connectivity index (χ2n) is 6.60. The third-order valence-electron chi connectivity index (χ3n) is 5.20. The predicted molar refractivity (Wildman–Crippen MR) is 103 cm³/mol. The van der Waals surface area contributed by atoms with Crippen LogP contribution in [0.4, 0.5) is 0 Å². The summed E-state index contributed by atoms with van der Waals surface area (Å²) in [6, 6.07) is 7.65. The third-order valence-corrected chi connectivity index (χ3v) is 6.06. The molecule has 1 aromatic heterocycles. The number of hydrogen-bond acceptors (Lipinski definition) is 4. The Morgan fingerprint density at radius 1 is 1.24 bits per heavy atom. The first-order valence-electron chi connectivity index (χ1n) is 9.24. The molecule has 2 aromatic rings. The zero-order chi connectivity index (χ0) is 17.7. The number of quaternary nitrogens is 1. The summed E-state index contributed by atoms with van der Waals surface area (Å²) in [7, 11) is 0. The van der Waals surface area contributed by atoms with Crippen LogP contribution in [0.15, 0.2) is 34.2 Å². The van der Waals surface area contributed by atoms with Crippen LogP contribution in [0.3, 0.4) is 0 Å². The molecule has 1 aromatic carbocycles. The van der Waals surface area contributed by atoms with E-state index in [1.165, 1.54) is 0 Å². The molecule has 25 heavy (non-hydrogen) atoms. The molecule has 0 unspecified atom stereocenters. The Hall–Kier alpha value is -1.37. The van der Waals surface area contributed by atoms with Gasteiger partial charge >= 0.3 is 0 Å². The minimum atomic E-state index is 0.0894. The summed E-state index contributed by atoms with van der Waals surface area (Å²) in [5, 5.41) is 1.56. The fourth-order valence-electron chi connectivity index (χ4n) is 3.58. The van der Waals surface area contributed by atoms with Crippen molar-refractivity contribution < 1.29 is 9.22 Å². The Morgan fingerprint density at radius 3 is 2.72 bits per heavy atom. The van der Waals surface area contributed by atoms with Gasteiger partial charge in [0.1, 0.15) is 13.1 Å². The molecule has 136 valence electrons. The van der Waals surface area contributed by atoms with Crippen LogP contribution >= 0.6 is 11.8 Å². The van der Waals surface area contributed by atoms with Gasteiger partial charge in [-0.2, -0.15) is 0 Å². The smallest absolute Gasteiger partial charge is 0.262 e. The Bertz CT molecular complexity index is 769. The van der Waals surface area contributed by atoms with E-state index in [-0.39, 0.29) is 5.56 Å². The molecule has 0 amide bonds. The van der Waals surface area contributed by atoms with Gasteiger partial charge in [0.05, 0.1) is 37.2 Å². The fourth-order valence-corrected chi connectivity index (χ4v) is 4.33. The maximum atomic E-state index is 12.9. The van der Waals surface area contributed by atoms with Crippen LogP contribution in [-0.2, 0) is 11.3 Å². The second-order valence-corrected chi connectivity index (χ2v) is 7.83. The molecule has 3 rings (SSSR count). The average molecular weight is 363 g/mol. The normalized spacial score (nSPS) is 17.0. The van der Waals surface area contributed by atoms with Gasteiger partial charge in [0.15, 0.2) is 5.16 Å². The molecule has 0 aliphatic carbocycles. The van der Waals surface area contributed by atoms with Gasteiger partial charge < -0.3 is 9.22 Å². The van der Waals surface area contributed by atoms with Crippen molar-refractivity contribution in [3.63, 3.8) is 0 Å².